The van der Waals surface area contributed by atoms with Gasteiger partial charge in [-0.15, -0.1) is 0 Å². The number of nitro benzene ring substituents is 1. The van der Waals surface area contributed by atoms with Crippen LogP contribution in [0.3, 0.4) is 0 Å². The smallest absolute Gasteiger partial charge is 0.269 e. The molecule has 0 amide bonds. The van der Waals surface area contributed by atoms with Gasteiger partial charge in [0.1, 0.15) is 17.5 Å². The van der Waals surface area contributed by atoms with E-state index < -0.39 is 22.4 Å². The Balaban J connectivity index is 0.000000239. The van der Waals surface area contributed by atoms with E-state index in [2.05, 4.69) is 0 Å². The van der Waals surface area contributed by atoms with Crippen molar-refractivity contribution in [1.82, 2.24) is 0 Å². The van der Waals surface area contributed by atoms with Crippen LogP contribution in [0.15, 0.2) is 97.1 Å². The molecule has 8 heteroatoms. The van der Waals surface area contributed by atoms with E-state index in [1.165, 1.54) is 97.1 Å². The number of hydrogen-bond acceptors (Lipinski definition) is 4. The predicted molar refractivity (Wildman–Crippen MR) is 131 cm³/mol. The molecule has 0 radical (unpaired) electrons. The van der Waals surface area contributed by atoms with Crippen molar-refractivity contribution in [3.8, 4) is 0 Å². The van der Waals surface area contributed by atoms with Crippen LogP contribution >= 0.6 is 0 Å². The topological polar surface area (TPSA) is 77.3 Å². The van der Waals surface area contributed by atoms with Gasteiger partial charge >= 0.3 is 0 Å². The summed E-state index contributed by atoms with van der Waals surface area (Å²) in [6, 6.07) is 20.9. The Morgan fingerprint density at radius 2 is 0.750 bits per heavy atom. The Morgan fingerprint density at radius 3 is 0.972 bits per heavy atom. The van der Waals surface area contributed by atoms with Gasteiger partial charge in [-0.25, -0.2) is 13.2 Å². The average molecular weight is 493 g/mol. The first-order chi connectivity index (χ1) is 17.2. The maximum absolute atomic E-state index is 12.7. The second kappa shape index (κ2) is 13.3. The van der Waals surface area contributed by atoms with E-state index in [9.17, 15) is 32.9 Å². The first-order valence-electron chi connectivity index (χ1n) is 10.8. The molecule has 0 aromatic heterocycles. The van der Waals surface area contributed by atoms with E-state index in [4.69, 9.17) is 0 Å². The van der Waals surface area contributed by atoms with Gasteiger partial charge in [-0.1, -0.05) is 13.8 Å². The first kappa shape index (κ1) is 27.7. The number of non-ortho nitro benzene ring substituents is 1. The highest BCUT2D eigenvalue weighted by Crippen LogP contribution is 2.16. The normalized spacial score (nSPS) is 9.69. The fourth-order valence-corrected chi connectivity index (χ4v) is 2.87. The van der Waals surface area contributed by atoms with Gasteiger partial charge in [0.25, 0.3) is 5.69 Å². The summed E-state index contributed by atoms with van der Waals surface area (Å²) in [5.74, 6) is -1.76. The third-order valence-corrected chi connectivity index (χ3v) is 4.66. The molecule has 5 nitrogen and oxygen atoms in total. The predicted octanol–water partition coefficient (Wildman–Crippen LogP) is 7.19. The van der Waals surface area contributed by atoms with E-state index in [0.717, 1.165) is 0 Å². The van der Waals surface area contributed by atoms with Crippen molar-refractivity contribution in [2.24, 2.45) is 0 Å². The van der Waals surface area contributed by atoms with Crippen molar-refractivity contribution < 1.29 is 27.7 Å². The van der Waals surface area contributed by atoms with E-state index in [1.54, 1.807) is 0 Å². The number of rotatable bonds is 5. The Labute approximate surface area is 206 Å². The van der Waals surface area contributed by atoms with Gasteiger partial charge in [-0.2, -0.15) is 0 Å². The summed E-state index contributed by atoms with van der Waals surface area (Å²) in [4.78, 5) is 33.7. The van der Waals surface area contributed by atoms with Crippen molar-refractivity contribution in [1.29, 1.82) is 0 Å². The standard InChI is InChI=1S/C13H8F2O.C13H8FNO3.C2H6/c14-11-5-1-9(2-6-11)13(16)10-3-7-12(15)8-4-10;14-11-5-1-9(2-6-11)13(16)10-3-7-12(8-4-10)15(17)18;1-2/h1-8H;1-8H;1-2H3. The Hall–Kier alpha value is -4.59. The molecular weight excluding hydrogens is 471 g/mol. The van der Waals surface area contributed by atoms with Crippen LogP contribution in [0.2, 0.25) is 0 Å². The van der Waals surface area contributed by atoms with Gasteiger partial charge in [-0.05, 0) is 84.9 Å². The quantitative estimate of drug-likeness (QED) is 0.168. The number of carbonyl (C=O) groups excluding carboxylic acids is 2. The lowest BCUT2D eigenvalue weighted by atomic mass is 10.0. The summed E-state index contributed by atoms with van der Waals surface area (Å²) in [7, 11) is 0. The lowest BCUT2D eigenvalue weighted by Gasteiger charge is -2.00. The Morgan fingerprint density at radius 1 is 0.528 bits per heavy atom. The largest absolute Gasteiger partial charge is 0.289 e. The summed E-state index contributed by atoms with van der Waals surface area (Å²) in [6.45, 7) is 4.00. The van der Waals surface area contributed by atoms with Crippen molar-refractivity contribution >= 4 is 17.3 Å². The molecule has 0 unspecified atom stereocenters. The number of benzene rings is 4. The molecule has 0 saturated heterocycles. The molecule has 0 atom stereocenters. The molecule has 0 spiro atoms. The zero-order valence-electron chi connectivity index (χ0n) is 19.5. The van der Waals surface area contributed by atoms with E-state index in [-0.39, 0.29) is 17.3 Å². The third kappa shape index (κ3) is 7.73. The fraction of sp³-hybridized carbons (Fsp3) is 0.0714. The molecule has 0 saturated carbocycles. The van der Waals surface area contributed by atoms with Crippen LogP contribution < -0.4 is 0 Å². The van der Waals surface area contributed by atoms with Crippen LogP contribution in [0, 0.1) is 27.6 Å². The molecule has 4 aromatic rings. The number of hydrogen-bond donors (Lipinski definition) is 0. The molecule has 4 aromatic carbocycles. The maximum atomic E-state index is 12.7. The van der Waals surface area contributed by atoms with Crippen LogP contribution in [-0.4, -0.2) is 16.5 Å². The molecule has 0 heterocycles. The average Bonchev–Trinajstić information content (AvgIpc) is 2.91. The first-order valence-corrected chi connectivity index (χ1v) is 10.8. The summed E-state index contributed by atoms with van der Waals surface area (Å²) in [5, 5.41) is 10.5. The maximum Gasteiger partial charge on any atom is 0.269 e. The summed E-state index contributed by atoms with van der Waals surface area (Å²) in [5.41, 5.74) is 1.35. The minimum atomic E-state index is -0.536. The highest BCUT2D eigenvalue weighted by molar-refractivity contribution is 6.09. The van der Waals surface area contributed by atoms with Gasteiger partial charge in [0.05, 0.1) is 4.92 Å². The second-order valence-electron chi connectivity index (χ2n) is 6.98. The minimum absolute atomic E-state index is 0.0781. The SMILES string of the molecule is CC.O=C(c1ccc(F)cc1)c1ccc(F)cc1.O=C(c1ccc(F)cc1)c1ccc([N+](=O)[O-])cc1. The highest BCUT2D eigenvalue weighted by Gasteiger charge is 2.11. The molecule has 4 rings (SSSR count). The molecule has 0 bridgehead atoms. The van der Waals surface area contributed by atoms with Crippen LogP contribution in [0.25, 0.3) is 0 Å². The molecule has 0 aliphatic carbocycles. The third-order valence-electron chi connectivity index (χ3n) is 4.66. The molecule has 0 fully saturated rings. The van der Waals surface area contributed by atoms with Crippen LogP contribution in [0.5, 0.6) is 0 Å². The number of halogens is 3. The van der Waals surface area contributed by atoms with E-state index in [1.807, 2.05) is 13.8 Å². The summed E-state index contributed by atoms with van der Waals surface area (Å²) >= 11 is 0. The van der Waals surface area contributed by atoms with Gasteiger partial charge in [0, 0.05) is 34.4 Å². The van der Waals surface area contributed by atoms with Crippen LogP contribution in [0.1, 0.15) is 45.7 Å². The van der Waals surface area contributed by atoms with Gasteiger partial charge in [0.2, 0.25) is 0 Å². The zero-order chi connectivity index (χ0) is 26.7. The van der Waals surface area contributed by atoms with E-state index >= 15 is 0 Å². The molecule has 184 valence electrons. The second-order valence-corrected chi connectivity index (χ2v) is 6.98. The number of nitro groups is 1. The van der Waals surface area contributed by atoms with Crippen molar-refractivity contribution in [3.05, 3.63) is 147 Å². The lowest BCUT2D eigenvalue weighted by Crippen LogP contribution is -2.01. The van der Waals surface area contributed by atoms with E-state index in [0.29, 0.717) is 22.3 Å². The molecular formula is C28H22F3NO4. The molecule has 0 aliphatic rings. The lowest BCUT2D eigenvalue weighted by molar-refractivity contribution is -0.384. The minimum Gasteiger partial charge on any atom is -0.289 e. The number of ketones is 2. The Kier molecular flexibility index (Phi) is 10.2. The number of nitrogens with zero attached hydrogens (tertiary/aromatic N) is 1. The molecule has 0 aliphatic heterocycles. The van der Waals surface area contributed by atoms with Crippen LogP contribution in [-0.2, 0) is 0 Å². The monoisotopic (exact) mass is 493 g/mol. The van der Waals surface area contributed by atoms with Gasteiger partial charge in [0.15, 0.2) is 11.6 Å². The summed E-state index contributed by atoms with van der Waals surface area (Å²) < 4.78 is 38.0. The Bertz CT molecular complexity index is 1260. The van der Waals surface area contributed by atoms with Crippen molar-refractivity contribution in [3.63, 3.8) is 0 Å². The van der Waals surface area contributed by atoms with Crippen molar-refractivity contribution in [2.75, 3.05) is 0 Å². The molecule has 36 heavy (non-hydrogen) atoms. The van der Waals surface area contributed by atoms with Crippen molar-refractivity contribution in [2.45, 2.75) is 13.8 Å². The summed E-state index contributed by atoms with van der Waals surface area (Å²) in [6.07, 6.45) is 0. The zero-order valence-corrected chi connectivity index (χ0v) is 19.5. The van der Waals surface area contributed by atoms with Crippen LogP contribution in [0.4, 0.5) is 18.9 Å². The van der Waals surface area contributed by atoms with Gasteiger partial charge < -0.3 is 0 Å². The number of carbonyl (C=O) groups is 2. The molecule has 0 N–H and O–H groups in total. The highest BCUT2D eigenvalue weighted by atomic mass is 19.1. The van der Waals surface area contributed by atoms with Gasteiger partial charge in [-0.3, -0.25) is 19.7 Å². The fourth-order valence-electron chi connectivity index (χ4n) is 2.87.